The van der Waals surface area contributed by atoms with E-state index in [-0.39, 0.29) is 0 Å². The van der Waals surface area contributed by atoms with Crippen LogP contribution in [0.25, 0.3) is 0 Å². The Morgan fingerprint density at radius 3 is 3.04 bits per heavy atom. The van der Waals surface area contributed by atoms with Gasteiger partial charge in [0.1, 0.15) is 5.82 Å². The van der Waals surface area contributed by atoms with Gasteiger partial charge in [-0.1, -0.05) is 5.16 Å². The van der Waals surface area contributed by atoms with Gasteiger partial charge in [0, 0.05) is 19.2 Å². The number of likely N-dealkylation sites (tertiary alicyclic amines) is 1. The summed E-state index contributed by atoms with van der Waals surface area (Å²) in [6.07, 6.45) is 7.80. The van der Waals surface area contributed by atoms with E-state index in [4.69, 9.17) is 14.2 Å². The lowest BCUT2D eigenvalue weighted by Gasteiger charge is -2.20. The maximum atomic E-state index is 5.40. The van der Waals surface area contributed by atoms with Gasteiger partial charge < -0.3 is 14.2 Å². The molecule has 1 N–H and O–H groups in total. The van der Waals surface area contributed by atoms with E-state index in [1.165, 1.54) is 30.7 Å². The molecule has 2 aromatic heterocycles. The van der Waals surface area contributed by atoms with E-state index >= 15 is 0 Å². The molecule has 1 unspecified atom stereocenters. The Morgan fingerprint density at radius 1 is 1.25 bits per heavy atom. The summed E-state index contributed by atoms with van der Waals surface area (Å²) in [7, 11) is 1.68. The summed E-state index contributed by atoms with van der Waals surface area (Å²) in [5, 5.41) is 4.03. The van der Waals surface area contributed by atoms with Crippen LogP contribution in [0.1, 0.15) is 60.7 Å². The molecule has 0 radical (unpaired) electrons. The van der Waals surface area contributed by atoms with E-state index in [1.807, 2.05) is 0 Å². The molecular weight excluding hydrogens is 306 g/mol. The third kappa shape index (κ3) is 3.23. The number of aromatic amines is 1. The molecule has 1 aliphatic heterocycles. The van der Waals surface area contributed by atoms with Crippen molar-refractivity contribution in [3.05, 3.63) is 28.9 Å². The summed E-state index contributed by atoms with van der Waals surface area (Å²) >= 11 is 0. The fourth-order valence-corrected chi connectivity index (χ4v) is 3.78. The number of hydrogen-bond donors (Lipinski definition) is 1. The molecule has 24 heavy (non-hydrogen) atoms. The Labute approximate surface area is 141 Å². The molecule has 1 atom stereocenters. The molecule has 0 aromatic carbocycles. The van der Waals surface area contributed by atoms with Gasteiger partial charge in [0.25, 0.3) is 0 Å². The third-order valence-electron chi connectivity index (χ3n) is 5.03. The highest BCUT2D eigenvalue weighted by Crippen LogP contribution is 2.33. The smallest absolute Gasteiger partial charge is 0.240 e. The number of nitrogens with one attached hydrogen (secondary N) is 1. The van der Waals surface area contributed by atoms with Gasteiger partial charge in [-0.3, -0.25) is 4.90 Å². The number of H-pyrrole nitrogens is 1. The minimum atomic E-state index is 0.338. The Balaban J connectivity index is 1.44. The van der Waals surface area contributed by atoms with Gasteiger partial charge in [-0.15, -0.1) is 0 Å². The van der Waals surface area contributed by atoms with Crippen molar-refractivity contribution in [3.63, 3.8) is 0 Å². The topological polar surface area (TPSA) is 80.1 Å². The van der Waals surface area contributed by atoms with Crippen LogP contribution in [0, 0.1) is 0 Å². The normalized spacial score (nSPS) is 21.3. The van der Waals surface area contributed by atoms with Crippen molar-refractivity contribution in [3.8, 4) is 0 Å². The number of aromatic nitrogens is 4. The summed E-state index contributed by atoms with van der Waals surface area (Å²) < 4.78 is 10.5. The lowest BCUT2D eigenvalue weighted by atomic mass is 10.0. The van der Waals surface area contributed by atoms with E-state index < -0.39 is 0 Å². The minimum absolute atomic E-state index is 0.338. The number of nitrogens with zero attached hydrogens (tertiary/aromatic N) is 4. The molecule has 0 amide bonds. The molecular formula is C17H25N5O2. The summed E-state index contributed by atoms with van der Waals surface area (Å²) in [6.45, 7) is 2.35. The van der Waals surface area contributed by atoms with Crippen LogP contribution < -0.4 is 0 Å². The van der Waals surface area contributed by atoms with Crippen molar-refractivity contribution in [1.82, 2.24) is 25.0 Å². The number of rotatable bonds is 6. The Bertz CT molecular complexity index is 657. The number of methoxy groups -OCH3 is 1. The molecule has 1 fully saturated rings. The van der Waals surface area contributed by atoms with Gasteiger partial charge >= 0.3 is 0 Å². The number of imidazole rings is 1. The highest BCUT2D eigenvalue weighted by Gasteiger charge is 2.31. The molecule has 0 bridgehead atoms. The van der Waals surface area contributed by atoms with Gasteiger partial charge in [-0.25, -0.2) is 4.98 Å². The first kappa shape index (κ1) is 15.8. The van der Waals surface area contributed by atoms with Crippen molar-refractivity contribution < 1.29 is 9.26 Å². The highest BCUT2D eigenvalue weighted by atomic mass is 16.5. The van der Waals surface area contributed by atoms with Crippen molar-refractivity contribution in [2.24, 2.45) is 0 Å². The number of ether oxygens (including phenoxy) is 1. The Morgan fingerprint density at radius 2 is 2.17 bits per heavy atom. The zero-order valence-electron chi connectivity index (χ0n) is 14.3. The van der Waals surface area contributed by atoms with Crippen LogP contribution in [0.5, 0.6) is 0 Å². The molecule has 4 rings (SSSR count). The molecule has 3 heterocycles. The molecule has 1 aliphatic carbocycles. The zero-order chi connectivity index (χ0) is 16.4. The average Bonchev–Trinajstić information content (AvgIpc) is 3.32. The largest absolute Gasteiger partial charge is 0.384 e. The average molecular weight is 331 g/mol. The van der Waals surface area contributed by atoms with E-state index in [0.29, 0.717) is 31.5 Å². The first-order valence-electron chi connectivity index (χ1n) is 8.95. The second-order valence-electron chi connectivity index (χ2n) is 6.73. The van der Waals surface area contributed by atoms with Gasteiger partial charge in [-0.2, -0.15) is 4.98 Å². The maximum Gasteiger partial charge on any atom is 0.240 e. The van der Waals surface area contributed by atoms with E-state index in [9.17, 15) is 0 Å². The van der Waals surface area contributed by atoms with Gasteiger partial charge in [-0.05, 0) is 45.1 Å². The van der Waals surface area contributed by atoms with Gasteiger partial charge in [0.15, 0.2) is 5.82 Å². The molecule has 130 valence electrons. The van der Waals surface area contributed by atoms with Crippen molar-refractivity contribution in [2.75, 3.05) is 20.3 Å². The molecule has 7 heteroatoms. The Kier molecular flexibility index (Phi) is 4.62. The zero-order valence-corrected chi connectivity index (χ0v) is 14.3. The standard InChI is InChI=1S/C17H25N5O2/c1-23-10-8-15-20-16(24-21-15)11-22-9-4-7-14(22)17-18-12-5-2-3-6-13(12)19-17/h14H,2-11H2,1H3,(H,18,19). The summed E-state index contributed by atoms with van der Waals surface area (Å²) in [5.41, 5.74) is 2.63. The molecule has 0 saturated carbocycles. The summed E-state index contributed by atoms with van der Waals surface area (Å²) in [4.78, 5) is 15.4. The minimum Gasteiger partial charge on any atom is -0.384 e. The summed E-state index contributed by atoms with van der Waals surface area (Å²) in [6, 6.07) is 0.338. The highest BCUT2D eigenvalue weighted by molar-refractivity contribution is 5.19. The fraction of sp³-hybridized carbons (Fsp3) is 0.706. The van der Waals surface area contributed by atoms with Crippen LogP contribution in [-0.2, 0) is 30.5 Å². The molecule has 7 nitrogen and oxygen atoms in total. The van der Waals surface area contributed by atoms with Crippen LogP contribution in [-0.4, -0.2) is 45.3 Å². The molecule has 1 saturated heterocycles. The van der Waals surface area contributed by atoms with Gasteiger partial charge in [0.05, 0.1) is 24.9 Å². The number of aryl methyl sites for hydroxylation is 2. The maximum absolute atomic E-state index is 5.40. The molecule has 0 spiro atoms. The second-order valence-corrected chi connectivity index (χ2v) is 6.73. The predicted octanol–water partition coefficient (Wildman–Crippen LogP) is 2.20. The molecule has 2 aromatic rings. The van der Waals surface area contributed by atoms with E-state index in [2.05, 4.69) is 20.0 Å². The van der Waals surface area contributed by atoms with Crippen LogP contribution in [0.4, 0.5) is 0 Å². The van der Waals surface area contributed by atoms with Crippen LogP contribution in [0.15, 0.2) is 4.52 Å². The first-order chi connectivity index (χ1) is 11.8. The van der Waals surface area contributed by atoms with Gasteiger partial charge in [0.2, 0.25) is 5.89 Å². The van der Waals surface area contributed by atoms with Crippen LogP contribution >= 0.6 is 0 Å². The van der Waals surface area contributed by atoms with E-state index in [1.54, 1.807) is 7.11 Å². The van der Waals surface area contributed by atoms with Crippen molar-refractivity contribution in [1.29, 1.82) is 0 Å². The molecule has 2 aliphatic rings. The lowest BCUT2D eigenvalue weighted by molar-refractivity contribution is 0.198. The van der Waals surface area contributed by atoms with Crippen molar-refractivity contribution in [2.45, 2.75) is 57.5 Å². The lowest BCUT2D eigenvalue weighted by Crippen LogP contribution is -2.23. The fourth-order valence-electron chi connectivity index (χ4n) is 3.78. The third-order valence-corrected chi connectivity index (χ3v) is 5.03. The monoisotopic (exact) mass is 331 g/mol. The van der Waals surface area contributed by atoms with E-state index in [0.717, 1.165) is 37.5 Å². The predicted molar refractivity (Wildman–Crippen MR) is 87.5 cm³/mol. The first-order valence-corrected chi connectivity index (χ1v) is 8.95. The quantitative estimate of drug-likeness (QED) is 0.874. The van der Waals surface area contributed by atoms with Crippen LogP contribution in [0.2, 0.25) is 0 Å². The number of hydrogen-bond acceptors (Lipinski definition) is 6. The van der Waals surface area contributed by atoms with Crippen LogP contribution in [0.3, 0.4) is 0 Å². The second kappa shape index (κ2) is 7.03. The summed E-state index contributed by atoms with van der Waals surface area (Å²) in [5.74, 6) is 2.53. The van der Waals surface area contributed by atoms with Crippen molar-refractivity contribution >= 4 is 0 Å². The Hall–Kier alpha value is -1.73. The number of fused-ring (bicyclic) bond motifs is 1. The SMILES string of the molecule is COCCc1noc(CN2CCCC2c2nc3c([nH]2)CCCC3)n1.